The minimum atomic E-state index is -3.13. The van der Waals surface area contributed by atoms with E-state index < -0.39 is 20.3 Å². The van der Waals surface area contributed by atoms with Gasteiger partial charge in [0.05, 0.1) is 0 Å². The van der Waals surface area contributed by atoms with Gasteiger partial charge in [-0.05, 0) is 12.3 Å². The first kappa shape index (κ1) is 15.1. The highest BCUT2D eigenvalue weighted by Gasteiger charge is 2.11. The van der Waals surface area contributed by atoms with Crippen molar-refractivity contribution in [1.29, 1.82) is 0 Å². The van der Waals surface area contributed by atoms with Gasteiger partial charge in [0, 0.05) is 0 Å². The van der Waals surface area contributed by atoms with Crippen molar-refractivity contribution in [2.75, 3.05) is 0 Å². The van der Waals surface area contributed by atoms with Crippen LogP contribution in [0.1, 0.15) is 20.3 Å². The van der Waals surface area contributed by atoms with E-state index in [0.29, 0.717) is 12.3 Å². The second kappa shape index (κ2) is 8.19. The van der Waals surface area contributed by atoms with Crippen molar-refractivity contribution in [3.8, 4) is 0 Å². The van der Waals surface area contributed by atoms with Gasteiger partial charge in [0.2, 0.25) is 0 Å². The molecule has 1 atom stereocenters. The first-order valence-corrected chi connectivity index (χ1v) is 4.97. The molecular weight excluding hydrogens is 197 g/mol. The lowest BCUT2D eigenvalue weighted by molar-refractivity contribution is -0.138. The Bertz CT molecular complexity index is 168. The molecule has 7 heteroatoms. The van der Waals surface area contributed by atoms with E-state index >= 15 is 0 Å². The van der Waals surface area contributed by atoms with Crippen LogP contribution in [0, 0.1) is 5.92 Å². The highest BCUT2D eigenvalue weighted by Crippen LogP contribution is 2.01. The van der Waals surface area contributed by atoms with E-state index in [0.717, 1.165) is 0 Å². The minimum absolute atomic E-state index is 0.357. The number of carbonyl (C=O) groups is 1. The van der Waals surface area contributed by atoms with Gasteiger partial charge < -0.3 is 20.6 Å². The maximum absolute atomic E-state index is 10.1. The highest BCUT2D eigenvalue weighted by molar-refractivity contribution is 7.30. The summed E-state index contributed by atoms with van der Waals surface area (Å²) in [7, 11) is -3.13. The molecule has 0 aliphatic heterocycles. The third-order valence-electron chi connectivity index (χ3n) is 1.04. The van der Waals surface area contributed by atoms with Crippen molar-refractivity contribution in [1.82, 2.24) is 0 Å². The van der Waals surface area contributed by atoms with Crippen LogP contribution in [0.3, 0.4) is 0 Å². The molecule has 0 aliphatic carbocycles. The van der Waals surface area contributed by atoms with Gasteiger partial charge >= 0.3 is 14.2 Å². The summed E-state index contributed by atoms with van der Waals surface area (Å²) in [5.74, 6) is -0.556. The molecule has 0 rings (SSSR count). The van der Waals surface area contributed by atoms with Crippen molar-refractivity contribution in [2.45, 2.75) is 26.3 Å². The number of hydrogen-bond donors (Lipinski definition) is 4. The van der Waals surface area contributed by atoms with E-state index in [4.69, 9.17) is 25.2 Å². The topological polar surface area (TPSA) is 121 Å². The van der Waals surface area contributed by atoms with Crippen LogP contribution < -0.4 is 5.73 Å². The van der Waals surface area contributed by atoms with Gasteiger partial charge in [0.15, 0.2) is 0 Å². The Labute approximate surface area is 77.3 Å². The van der Waals surface area contributed by atoms with E-state index in [1.54, 1.807) is 0 Å². The SMILES string of the molecule is CC(C)CC(N)C(=O)O.O=[PH](O)O. The second-order valence-corrected chi connectivity index (χ2v) is 3.42. The maximum Gasteiger partial charge on any atom is 0.320 e. The predicted octanol–water partition coefficient (Wildman–Crippen LogP) is -0.195. The Morgan fingerprint density at radius 2 is 1.77 bits per heavy atom. The maximum atomic E-state index is 10.1. The summed E-state index contributed by atoms with van der Waals surface area (Å²) in [4.78, 5) is 24.4. The van der Waals surface area contributed by atoms with Gasteiger partial charge in [-0.3, -0.25) is 9.36 Å². The smallest absolute Gasteiger partial charge is 0.320 e. The molecule has 13 heavy (non-hydrogen) atoms. The highest BCUT2D eigenvalue weighted by atomic mass is 31.1. The Hall–Kier alpha value is -0.420. The van der Waals surface area contributed by atoms with Crippen molar-refractivity contribution < 1.29 is 24.3 Å². The van der Waals surface area contributed by atoms with Crippen LogP contribution in [0.4, 0.5) is 0 Å². The zero-order valence-electron chi connectivity index (χ0n) is 7.60. The minimum Gasteiger partial charge on any atom is -0.480 e. The van der Waals surface area contributed by atoms with Crippen molar-refractivity contribution in [2.24, 2.45) is 11.7 Å². The molecule has 0 fully saturated rings. The summed E-state index contributed by atoms with van der Waals surface area (Å²) < 4.78 is 8.74. The van der Waals surface area contributed by atoms with Crippen molar-refractivity contribution >= 4 is 14.2 Å². The molecule has 0 aromatic heterocycles. The molecule has 0 heterocycles. The zero-order valence-corrected chi connectivity index (χ0v) is 8.60. The third kappa shape index (κ3) is 18.5. The first-order chi connectivity index (χ1) is 5.77. The molecule has 0 aromatic carbocycles. The number of hydrogen-bond acceptors (Lipinski definition) is 3. The normalized spacial score (nSPS) is 12.2. The van der Waals surface area contributed by atoms with Crippen LogP contribution in [0.2, 0.25) is 0 Å². The van der Waals surface area contributed by atoms with Gasteiger partial charge in [0.25, 0.3) is 0 Å². The van der Waals surface area contributed by atoms with E-state index in [-0.39, 0.29) is 0 Å². The number of nitrogens with two attached hydrogens (primary N) is 1. The molecule has 0 spiro atoms. The van der Waals surface area contributed by atoms with Crippen molar-refractivity contribution in [3.63, 3.8) is 0 Å². The van der Waals surface area contributed by atoms with Gasteiger partial charge in [-0.1, -0.05) is 13.8 Å². The number of carboxylic acid groups (broad SMARTS) is 1. The van der Waals surface area contributed by atoms with Crippen LogP contribution in [-0.4, -0.2) is 26.9 Å². The van der Waals surface area contributed by atoms with E-state index in [9.17, 15) is 4.79 Å². The summed E-state index contributed by atoms with van der Waals surface area (Å²) in [5.41, 5.74) is 5.22. The molecule has 0 aliphatic rings. The molecule has 1 unspecified atom stereocenters. The van der Waals surface area contributed by atoms with E-state index in [1.807, 2.05) is 13.8 Å². The predicted molar refractivity (Wildman–Crippen MR) is 48.5 cm³/mol. The number of carboxylic acids is 1. The van der Waals surface area contributed by atoms with Crippen molar-refractivity contribution in [3.05, 3.63) is 0 Å². The second-order valence-electron chi connectivity index (χ2n) is 2.86. The first-order valence-electron chi connectivity index (χ1n) is 3.67. The zero-order chi connectivity index (χ0) is 11.0. The largest absolute Gasteiger partial charge is 0.480 e. The summed E-state index contributed by atoms with van der Waals surface area (Å²) in [6, 6.07) is -0.690. The van der Waals surface area contributed by atoms with Crippen LogP contribution in [0.25, 0.3) is 0 Å². The van der Waals surface area contributed by atoms with E-state index in [1.165, 1.54) is 0 Å². The third-order valence-corrected chi connectivity index (χ3v) is 1.04. The Morgan fingerprint density at radius 1 is 1.46 bits per heavy atom. The quantitative estimate of drug-likeness (QED) is 0.482. The van der Waals surface area contributed by atoms with Crippen LogP contribution in [0.5, 0.6) is 0 Å². The standard InChI is InChI=1S/C6H13NO2.H3O3P/c1-4(2)3-5(7)6(8)9;1-4(2)3/h4-5H,3,7H2,1-2H3,(H,8,9);4H,(H2,1,2,3). The Balaban J connectivity index is 0. The molecule has 0 saturated carbocycles. The molecule has 5 N–H and O–H groups in total. The van der Waals surface area contributed by atoms with Gasteiger partial charge in [0.1, 0.15) is 6.04 Å². The Morgan fingerprint density at radius 3 is 1.85 bits per heavy atom. The summed E-state index contributed by atoms with van der Waals surface area (Å²) in [6.45, 7) is 3.89. The lowest BCUT2D eigenvalue weighted by Gasteiger charge is -2.07. The van der Waals surface area contributed by atoms with Crippen LogP contribution in [0.15, 0.2) is 0 Å². The molecule has 0 aromatic rings. The average Bonchev–Trinajstić information content (AvgIpc) is 1.83. The molecule has 80 valence electrons. The molecule has 6 nitrogen and oxygen atoms in total. The van der Waals surface area contributed by atoms with E-state index in [2.05, 4.69) is 0 Å². The molecular formula is C6H16NO5P. The number of aliphatic carboxylic acids is 1. The Kier molecular flexibility index (Phi) is 9.50. The summed E-state index contributed by atoms with van der Waals surface area (Å²) >= 11 is 0. The molecule has 0 amide bonds. The lowest BCUT2D eigenvalue weighted by Crippen LogP contribution is -2.31. The van der Waals surface area contributed by atoms with Gasteiger partial charge in [-0.15, -0.1) is 0 Å². The fraction of sp³-hybridized carbons (Fsp3) is 0.833. The van der Waals surface area contributed by atoms with Gasteiger partial charge in [-0.25, -0.2) is 0 Å². The number of rotatable bonds is 3. The van der Waals surface area contributed by atoms with Crippen LogP contribution >= 0.6 is 8.25 Å². The molecule has 0 bridgehead atoms. The molecule has 0 radical (unpaired) electrons. The fourth-order valence-corrected chi connectivity index (χ4v) is 0.609. The summed E-state index contributed by atoms with van der Waals surface area (Å²) in [6.07, 6.45) is 0.551. The molecule has 0 saturated heterocycles. The fourth-order valence-electron chi connectivity index (χ4n) is 0.609. The monoisotopic (exact) mass is 213 g/mol. The summed E-state index contributed by atoms with van der Waals surface area (Å²) in [5, 5.41) is 8.31. The average molecular weight is 213 g/mol. The lowest BCUT2D eigenvalue weighted by atomic mass is 10.1. The van der Waals surface area contributed by atoms with Crippen LogP contribution in [-0.2, 0) is 9.36 Å². The van der Waals surface area contributed by atoms with Gasteiger partial charge in [-0.2, -0.15) is 0 Å².